The Balaban J connectivity index is 1.60. The average Bonchev–Trinajstić information content (AvgIpc) is 3.25. The van der Waals surface area contributed by atoms with Crippen LogP contribution in [0.5, 0.6) is 0 Å². The molecule has 0 spiro atoms. The molecular formula is C23H35N3O5. The third kappa shape index (κ3) is 3.16. The fourth-order valence-corrected chi connectivity index (χ4v) is 8.20. The van der Waals surface area contributed by atoms with Crippen molar-refractivity contribution in [3.8, 4) is 0 Å². The summed E-state index contributed by atoms with van der Waals surface area (Å²) in [4.78, 5) is 41.9. The van der Waals surface area contributed by atoms with Crippen LogP contribution in [-0.2, 0) is 9.59 Å². The number of piperidine rings is 1. The van der Waals surface area contributed by atoms with E-state index in [0.717, 1.165) is 38.5 Å². The molecule has 8 nitrogen and oxygen atoms in total. The molecule has 1 aliphatic heterocycles. The lowest BCUT2D eigenvalue weighted by molar-refractivity contribution is -0.195. The number of hydrogen-bond acceptors (Lipinski definition) is 4. The van der Waals surface area contributed by atoms with Crippen molar-refractivity contribution in [1.29, 1.82) is 0 Å². The lowest BCUT2D eigenvalue weighted by Crippen LogP contribution is -2.70. The molecule has 5 aliphatic carbocycles. The minimum atomic E-state index is -1.13. The van der Waals surface area contributed by atoms with Gasteiger partial charge in [0.05, 0.1) is 5.60 Å². The van der Waals surface area contributed by atoms with Crippen LogP contribution in [0.25, 0.3) is 0 Å². The van der Waals surface area contributed by atoms with Gasteiger partial charge in [-0.1, -0.05) is 0 Å². The van der Waals surface area contributed by atoms with Gasteiger partial charge < -0.3 is 20.8 Å². The Bertz CT molecular complexity index is 822. The van der Waals surface area contributed by atoms with Crippen LogP contribution in [0, 0.1) is 23.2 Å². The van der Waals surface area contributed by atoms with Crippen molar-refractivity contribution < 1.29 is 24.6 Å². The van der Waals surface area contributed by atoms with Crippen LogP contribution in [0.3, 0.4) is 0 Å². The zero-order valence-corrected chi connectivity index (χ0v) is 18.7. The summed E-state index contributed by atoms with van der Waals surface area (Å²) in [5, 5.41) is 21.6. The summed E-state index contributed by atoms with van der Waals surface area (Å²) in [6, 6.07) is -1.59. The molecule has 6 rings (SSSR count). The van der Waals surface area contributed by atoms with Gasteiger partial charge in [0.1, 0.15) is 12.1 Å². The Labute approximate surface area is 183 Å². The standard InChI is InChI=1S/C23H35N3O5/c1-21(2,3)26(20(29)30)17(19(28)25-15-5-14(15)6-16(25)18(24)27)22-7-12-4-13(8-22)10-23(31,9-12)11-22/h12-17,31H,4-11H2,1-3H3,(H2,24,27)(H,29,30)/t12-,13-,14-,15-,16-,17-,22?,23?/m0/s1. The first-order valence-corrected chi connectivity index (χ1v) is 11.7. The van der Waals surface area contributed by atoms with Crippen LogP contribution in [-0.4, -0.2) is 67.2 Å². The highest BCUT2D eigenvalue weighted by atomic mass is 16.4. The molecule has 6 atom stereocenters. The molecule has 3 amide bonds. The molecule has 5 saturated carbocycles. The molecule has 0 aromatic rings. The van der Waals surface area contributed by atoms with Gasteiger partial charge >= 0.3 is 6.09 Å². The largest absolute Gasteiger partial charge is 0.465 e. The van der Waals surface area contributed by atoms with Gasteiger partial charge in [0.15, 0.2) is 0 Å². The van der Waals surface area contributed by atoms with Gasteiger partial charge in [-0.2, -0.15) is 0 Å². The van der Waals surface area contributed by atoms with Crippen LogP contribution >= 0.6 is 0 Å². The maximum atomic E-state index is 14.2. The topological polar surface area (TPSA) is 124 Å². The zero-order chi connectivity index (χ0) is 22.5. The molecule has 6 fully saturated rings. The van der Waals surface area contributed by atoms with Gasteiger partial charge in [0.2, 0.25) is 11.8 Å². The molecule has 4 N–H and O–H groups in total. The van der Waals surface area contributed by atoms with Gasteiger partial charge in [-0.05, 0) is 89.9 Å². The second-order valence-electron chi connectivity index (χ2n) is 12.2. The van der Waals surface area contributed by atoms with Crippen molar-refractivity contribution in [3.05, 3.63) is 0 Å². The zero-order valence-electron chi connectivity index (χ0n) is 18.7. The lowest BCUT2D eigenvalue weighted by atomic mass is 9.45. The third-order valence-electron chi connectivity index (χ3n) is 8.76. The minimum Gasteiger partial charge on any atom is -0.465 e. The second kappa shape index (κ2) is 6.36. The number of carbonyl (C=O) groups is 3. The molecule has 8 heteroatoms. The van der Waals surface area contributed by atoms with Crippen LogP contribution in [0.4, 0.5) is 4.79 Å². The van der Waals surface area contributed by atoms with Gasteiger partial charge in [-0.3, -0.25) is 14.5 Å². The Kier molecular flexibility index (Phi) is 4.32. The molecule has 1 heterocycles. The number of carbonyl (C=O) groups excluding carboxylic acids is 2. The summed E-state index contributed by atoms with van der Waals surface area (Å²) in [7, 11) is 0. The molecule has 4 bridgehead atoms. The van der Waals surface area contributed by atoms with E-state index >= 15 is 0 Å². The first-order chi connectivity index (χ1) is 14.3. The van der Waals surface area contributed by atoms with Crippen LogP contribution in [0.1, 0.15) is 72.1 Å². The quantitative estimate of drug-likeness (QED) is 0.625. The highest BCUT2D eigenvalue weighted by molar-refractivity contribution is 5.93. The minimum absolute atomic E-state index is 0.0138. The molecule has 0 radical (unpaired) electrons. The van der Waals surface area contributed by atoms with Gasteiger partial charge in [0, 0.05) is 17.0 Å². The summed E-state index contributed by atoms with van der Waals surface area (Å²) in [5.41, 5.74) is 3.43. The monoisotopic (exact) mass is 433 g/mol. The smallest absolute Gasteiger partial charge is 0.408 e. The Morgan fingerprint density at radius 3 is 2.16 bits per heavy atom. The number of rotatable bonds is 4. The highest BCUT2D eigenvalue weighted by Crippen LogP contribution is 2.64. The lowest BCUT2D eigenvalue weighted by Gasteiger charge is -2.64. The van der Waals surface area contributed by atoms with E-state index < -0.39 is 40.6 Å². The third-order valence-corrected chi connectivity index (χ3v) is 8.76. The summed E-state index contributed by atoms with van der Waals surface area (Å²) in [6.45, 7) is 5.43. The molecule has 0 unspecified atom stereocenters. The number of primary amides is 1. The van der Waals surface area contributed by atoms with E-state index in [9.17, 15) is 24.6 Å². The van der Waals surface area contributed by atoms with Gasteiger partial charge in [0.25, 0.3) is 0 Å². The SMILES string of the molecule is CC(C)(C)N(C(=O)O)[C@@H](C(=O)N1[C@H](C(N)=O)C[C@@H]2C[C@@H]21)C12C[C@@H]3C[C@H](CC(O)(C3)C1)C2. The fourth-order valence-electron chi connectivity index (χ4n) is 8.20. The van der Waals surface area contributed by atoms with Crippen molar-refractivity contribution in [1.82, 2.24) is 9.80 Å². The number of carboxylic acid groups (broad SMARTS) is 1. The number of aliphatic hydroxyl groups is 1. The van der Waals surface area contributed by atoms with E-state index in [2.05, 4.69) is 0 Å². The van der Waals surface area contributed by atoms with Gasteiger partial charge in [-0.25, -0.2) is 4.79 Å². The highest BCUT2D eigenvalue weighted by Gasteiger charge is 2.66. The maximum Gasteiger partial charge on any atom is 0.408 e. The number of likely N-dealkylation sites (tertiary alicyclic amines) is 1. The predicted octanol–water partition coefficient (Wildman–Crippen LogP) is 1.94. The Morgan fingerprint density at radius 2 is 1.68 bits per heavy atom. The number of amides is 3. The fraction of sp³-hybridized carbons (Fsp3) is 0.870. The van der Waals surface area contributed by atoms with Crippen LogP contribution in [0.15, 0.2) is 0 Å². The van der Waals surface area contributed by atoms with Gasteiger partial charge in [-0.15, -0.1) is 0 Å². The number of nitrogens with zero attached hydrogens (tertiary/aromatic N) is 2. The first kappa shape index (κ1) is 21.0. The van der Waals surface area contributed by atoms with E-state index in [1.54, 1.807) is 4.90 Å². The summed E-state index contributed by atoms with van der Waals surface area (Å²) in [6.07, 6.45) is 4.79. The molecule has 6 aliphatic rings. The Hall–Kier alpha value is -1.83. The van der Waals surface area contributed by atoms with Crippen molar-refractivity contribution in [2.24, 2.45) is 28.9 Å². The predicted molar refractivity (Wildman–Crippen MR) is 112 cm³/mol. The second-order valence-corrected chi connectivity index (χ2v) is 12.2. The summed E-state index contributed by atoms with van der Waals surface area (Å²) < 4.78 is 0. The van der Waals surface area contributed by atoms with E-state index in [0.29, 0.717) is 24.7 Å². The number of fused-ring (bicyclic) bond motifs is 1. The first-order valence-electron chi connectivity index (χ1n) is 11.7. The van der Waals surface area contributed by atoms with Crippen molar-refractivity contribution >= 4 is 17.9 Å². The molecule has 0 aromatic heterocycles. The normalized spacial score (nSPS) is 43.5. The molecule has 172 valence electrons. The van der Waals surface area contributed by atoms with E-state index in [-0.39, 0.29) is 17.9 Å². The van der Waals surface area contributed by atoms with E-state index in [4.69, 9.17) is 5.73 Å². The molecular weight excluding hydrogens is 398 g/mol. The molecule has 0 aromatic carbocycles. The Morgan fingerprint density at radius 1 is 1.06 bits per heavy atom. The van der Waals surface area contributed by atoms with Crippen molar-refractivity contribution in [2.75, 3.05) is 0 Å². The average molecular weight is 434 g/mol. The number of nitrogens with two attached hydrogens (primary N) is 1. The molecule has 1 saturated heterocycles. The summed E-state index contributed by atoms with van der Waals surface area (Å²) >= 11 is 0. The maximum absolute atomic E-state index is 14.2. The van der Waals surface area contributed by atoms with Crippen molar-refractivity contribution in [3.63, 3.8) is 0 Å². The summed E-state index contributed by atoms with van der Waals surface area (Å²) in [5.74, 6) is 0.126. The van der Waals surface area contributed by atoms with Crippen LogP contribution in [0.2, 0.25) is 0 Å². The number of hydrogen-bond donors (Lipinski definition) is 3. The molecule has 31 heavy (non-hydrogen) atoms. The van der Waals surface area contributed by atoms with E-state index in [1.807, 2.05) is 20.8 Å². The van der Waals surface area contributed by atoms with E-state index in [1.165, 1.54) is 4.90 Å². The van der Waals surface area contributed by atoms with Crippen LogP contribution < -0.4 is 5.73 Å². The van der Waals surface area contributed by atoms with Crippen molar-refractivity contribution in [2.45, 2.75) is 101 Å².